The highest BCUT2D eigenvalue weighted by molar-refractivity contribution is 5.95. The first-order valence-corrected chi connectivity index (χ1v) is 11.2. The second-order valence-corrected chi connectivity index (χ2v) is 8.74. The number of methoxy groups -OCH3 is 2. The molecule has 8 nitrogen and oxygen atoms in total. The van der Waals surface area contributed by atoms with E-state index < -0.39 is 11.7 Å². The molecule has 0 aliphatic carbocycles. The highest BCUT2D eigenvalue weighted by atomic mass is 16.6. The third-order valence-corrected chi connectivity index (χ3v) is 4.82. The van der Waals surface area contributed by atoms with Gasteiger partial charge in [-0.3, -0.25) is 9.78 Å². The number of allylic oxidation sites excluding steroid dienone is 1. The van der Waals surface area contributed by atoms with Crippen LogP contribution >= 0.6 is 0 Å². The summed E-state index contributed by atoms with van der Waals surface area (Å²) in [7, 11) is 3.09. The molecule has 1 aromatic carbocycles. The van der Waals surface area contributed by atoms with Crippen molar-refractivity contribution in [2.24, 2.45) is 0 Å². The largest absolute Gasteiger partial charge is 0.493 e. The van der Waals surface area contributed by atoms with E-state index in [-0.39, 0.29) is 5.91 Å². The molecule has 184 valence electrons. The molecule has 0 bridgehead atoms. The maximum absolute atomic E-state index is 12.8. The molecular formula is C26H35N3O5. The Labute approximate surface area is 201 Å². The van der Waals surface area contributed by atoms with Crippen LogP contribution in [0.3, 0.4) is 0 Å². The van der Waals surface area contributed by atoms with E-state index in [2.05, 4.69) is 16.9 Å². The van der Waals surface area contributed by atoms with Crippen LogP contribution in [0.5, 0.6) is 11.5 Å². The number of ether oxygens (including phenoxy) is 3. The van der Waals surface area contributed by atoms with Gasteiger partial charge in [0, 0.05) is 36.6 Å². The normalized spacial score (nSPS) is 10.9. The van der Waals surface area contributed by atoms with Crippen LogP contribution in [0.1, 0.15) is 48.7 Å². The lowest BCUT2D eigenvalue weighted by atomic mass is 10.0. The lowest BCUT2D eigenvalue weighted by Crippen LogP contribution is -2.38. The minimum Gasteiger partial charge on any atom is -0.493 e. The Morgan fingerprint density at radius 1 is 1.21 bits per heavy atom. The molecule has 0 saturated heterocycles. The summed E-state index contributed by atoms with van der Waals surface area (Å²) < 4.78 is 16.4. The molecule has 0 spiro atoms. The molecular weight excluding hydrogens is 434 g/mol. The van der Waals surface area contributed by atoms with Gasteiger partial charge in [-0.2, -0.15) is 0 Å². The summed E-state index contributed by atoms with van der Waals surface area (Å²) >= 11 is 0. The third kappa shape index (κ3) is 8.10. The van der Waals surface area contributed by atoms with Crippen LogP contribution in [0, 0.1) is 0 Å². The molecule has 0 fully saturated rings. The molecule has 0 radical (unpaired) electrons. The Kier molecular flexibility index (Phi) is 9.92. The molecule has 0 aliphatic heterocycles. The minimum atomic E-state index is -0.602. The zero-order valence-corrected chi connectivity index (χ0v) is 20.7. The van der Waals surface area contributed by atoms with E-state index in [1.807, 2.05) is 32.9 Å². The Hall–Kier alpha value is -3.55. The highest BCUT2D eigenvalue weighted by Crippen LogP contribution is 2.33. The highest BCUT2D eigenvalue weighted by Gasteiger charge is 2.22. The average Bonchev–Trinajstić information content (AvgIpc) is 2.80. The second-order valence-electron chi connectivity index (χ2n) is 8.74. The summed E-state index contributed by atoms with van der Waals surface area (Å²) in [4.78, 5) is 31.2. The quantitative estimate of drug-likeness (QED) is 0.388. The second kappa shape index (κ2) is 12.6. The summed E-state index contributed by atoms with van der Waals surface area (Å²) in [6.07, 6.45) is 5.84. The number of aromatic nitrogens is 1. The Morgan fingerprint density at radius 2 is 1.97 bits per heavy atom. The van der Waals surface area contributed by atoms with Crippen LogP contribution in [-0.2, 0) is 17.7 Å². The van der Waals surface area contributed by atoms with E-state index in [0.717, 1.165) is 11.1 Å². The number of hydrogen-bond donors (Lipinski definition) is 1. The van der Waals surface area contributed by atoms with Crippen molar-refractivity contribution in [3.8, 4) is 11.5 Å². The van der Waals surface area contributed by atoms with Crippen LogP contribution in [0.4, 0.5) is 4.79 Å². The van der Waals surface area contributed by atoms with Gasteiger partial charge in [-0.25, -0.2) is 4.79 Å². The van der Waals surface area contributed by atoms with Gasteiger partial charge in [0.1, 0.15) is 5.60 Å². The summed E-state index contributed by atoms with van der Waals surface area (Å²) in [5.74, 6) is 0.837. The fraction of sp³-hybridized carbons (Fsp3) is 0.423. The van der Waals surface area contributed by atoms with Gasteiger partial charge in [0.2, 0.25) is 0 Å². The molecule has 0 saturated carbocycles. The van der Waals surface area contributed by atoms with Gasteiger partial charge in [0.15, 0.2) is 11.5 Å². The van der Waals surface area contributed by atoms with Gasteiger partial charge in [-0.15, -0.1) is 6.58 Å². The topological polar surface area (TPSA) is 90.0 Å². The zero-order valence-electron chi connectivity index (χ0n) is 20.7. The van der Waals surface area contributed by atoms with Gasteiger partial charge in [0.05, 0.1) is 20.8 Å². The third-order valence-electron chi connectivity index (χ3n) is 4.82. The number of hydrogen-bond acceptors (Lipinski definition) is 6. The van der Waals surface area contributed by atoms with Crippen molar-refractivity contribution < 1.29 is 23.8 Å². The SMILES string of the molecule is C=CCc1cc(C(=O)NCCCN(Cc2cccnc2)C(=O)OC(C)(C)C)cc(OC)c1OC. The lowest BCUT2D eigenvalue weighted by Gasteiger charge is -2.27. The maximum Gasteiger partial charge on any atom is 0.410 e. The molecule has 2 aromatic rings. The van der Waals surface area contributed by atoms with Crippen LogP contribution < -0.4 is 14.8 Å². The van der Waals surface area contributed by atoms with E-state index >= 15 is 0 Å². The van der Waals surface area contributed by atoms with Crippen molar-refractivity contribution in [3.63, 3.8) is 0 Å². The predicted octanol–water partition coefficient (Wildman–Crippen LogP) is 4.38. The summed E-state index contributed by atoms with van der Waals surface area (Å²) in [6.45, 7) is 10.4. The lowest BCUT2D eigenvalue weighted by molar-refractivity contribution is 0.0232. The van der Waals surface area contributed by atoms with Crippen molar-refractivity contribution in [2.45, 2.75) is 45.8 Å². The van der Waals surface area contributed by atoms with Crippen LogP contribution in [0.25, 0.3) is 0 Å². The number of amides is 2. The standard InChI is InChI=1S/C26H35N3O5/c1-7-10-20-15-21(16-22(32-5)23(20)33-6)24(30)28-13-9-14-29(25(31)34-26(2,3)4)18-19-11-8-12-27-17-19/h7-8,11-12,15-17H,1,9-10,13-14,18H2,2-6H3,(H,28,30). The molecule has 0 atom stereocenters. The fourth-order valence-electron chi connectivity index (χ4n) is 3.33. The van der Waals surface area contributed by atoms with Crippen molar-refractivity contribution in [3.05, 3.63) is 66.0 Å². The van der Waals surface area contributed by atoms with Crippen molar-refractivity contribution in [2.75, 3.05) is 27.3 Å². The van der Waals surface area contributed by atoms with E-state index in [9.17, 15) is 9.59 Å². The van der Waals surface area contributed by atoms with E-state index in [0.29, 0.717) is 49.5 Å². The van der Waals surface area contributed by atoms with E-state index in [4.69, 9.17) is 14.2 Å². The smallest absolute Gasteiger partial charge is 0.410 e. The Balaban J connectivity index is 2.02. The monoisotopic (exact) mass is 469 g/mol. The molecule has 1 aromatic heterocycles. The molecule has 0 aliphatic rings. The number of carbonyl (C=O) groups is 2. The van der Waals surface area contributed by atoms with E-state index in [1.165, 1.54) is 7.11 Å². The molecule has 8 heteroatoms. The number of pyridine rings is 1. The summed E-state index contributed by atoms with van der Waals surface area (Å²) in [5, 5.41) is 2.91. The zero-order chi connectivity index (χ0) is 25.1. The number of benzene rings is 1. The first-order chi connectivity index (χ1) is 16.2. The van der Waals surface area contributed by atoms with Crippen LogP contribution in [-0.4, -0.2) is 54.8 Å². The first-order valence-electron chi connectivity index (χ1n) is 11.2. The number of nitrogens with one attached hydrogen (secondary N) is 1. The predicted molar refractivity (Wildman–Crippen MR) is 131 cm³/mol. The average molecular weight is 470 g/mol. The Bertz CT molecular complexity index is 970. The molecule has 2 rings (SSSR count). The van der Waals surface area contributed by atoms with Gasteiger partial charge in [0.25, 0.3) is 5.91 Å². The summed E-state index contributed by atoms with van der Waals surface area (Å²) in [6, 6.07) is 7.15. The van der Waals surface area contributed by atoms with Crippen molar-refractivity contribution >= 4 is 12.0 Å². The summed E-state index contributed by atoms with van der Waals surface area (Å²) in [5.41, 5.74) is 1.58. The first kappa shape index (κ1) is 26.7. The number of rotatable bonds is 11. The number of nitrogens with zero attached hydrogens (tertiary/aromatic N) is 2. The van der Waals surface area contributed by atoms with Gasteiger partial charge >= 0.3 is 6.09 Å². The van der Waals surface area contributed by atoms with Gasteiger partial charge < -0.3 is 24.4 Å². The number of carbonyl (C=O) groups excluding carboxylic acids is 2. The molecule has 34 heavy (non-hydrogen) atoms. The van der Waals surface area contributed by atoms with Crippen LogP contribution in [0.2, 0.25) is 0 Å². The fourth-order valence-corrected chi connectivity index (χ4v) is 3.33. The molecule has 1 heterocycles. The molecule has 1 N–H and O–H groups in total. The molecule has 2 amide bonds. The maximum atomic E-state index is 12.8. The van der Waals surface area contributed by atoms with Gasteiger partial charge in [-0.05, 0) is 57.4 Å². The van der Waals surface area contributed by atoms with Gasteiger partial charge in [-0.1, -0.05) is 12.1 Å². The minimum absolute atomic E-state index is 0.234. The Morgan fingerprint density at radius 3 is 2.56 bits per heavy atom. The van der Waals surface area contributed by atoms with Crippen LogP contribution in [0.15, 0.2) is 49.3 Å². The van der Waals surface area contributed by atoms with Crippen molar-refractivity contribution in [1.82, 2.24) is 15.2 Å². The molecule has 0 unspecified atom stereocenters. The van der Waals surface area contributed by atoms with Crippen molar-refractivity contribution in [1.29, 1.82) is 0 Å². The van der Waals surface area contributed by atoms with E-state index in [1.54, 1.807) is 42.6 Å².